The number of carbonyl (C=O) groups is 2. The first-order valence-corrected chi connectivity index (χ1v) is 8.06. The van der Waals surface area contributed by atoms with Crippen LogP contribution in [-0.4, -0.2) is 23.4 Å². The molecule has 0 aliphatic rings. The minimum absolute atomic E-state index is 0.0415. The largest absolute Gasteiger partial charge is 0.465 e. The Labute approximate surface area is 152 Å². The van der Waals surface area contributed by atoms with Crippen LogP contribution in [-0.2, 0) is 11.3 Å². The van der Waals surface area contributed by atoms with Crippen LogP contribution in [0.4, 0.5) is 0 Å². The molecule has 0 saturated carbocycles. The van der Waals surface area contributed by atoms with Gasteiger partial charge in [-0.05, 0) is 37.6 Å². The summed E-state index contributed by atoms with van der Waals surface area (Å²) >= 11 is 0. The number of hydrogen-bond donors (Lipinski definition) is 0. The zero-order valence-electron chi connectivity index (χ0n) is 15.1. The average Bonchev–Trinajstić information content (AvgIpc) is 2.93. The van der Waals surface area contributed by atoms with Gasteiger partial charge >= 0.3 is 5.97 Å². The fourth-order valence-corrected chi connectivity index (χ4v) is 2.81. The number of hydrogen-bond acceptors (Lipinski definition) is 4. The van der Waals surface area contributed by atoms with Crippen molar-refractivity contribution in [3.8, 4) is 6.07 Å². The molecule has 5 heteroatoms. The molecule has 0 atom stereocenters. The van der Waals surface area contributed by atoms with Gasteiger partial charge in [-0.25, -0.2) is 4.79 Å². The van der Waals surface area contributed by atoms with Crippen molar-refractivity contribution in [1.29, 1.82) is 5.26 Å². The Hall–Kier alpha value is -3.39. The van der Waals surface area contributed by atoms with Gasteiger partial charge in [0.05, 0.1) is 12.7 Å². The summed E-state index contributed by atoms with van der Waals surface area (Å²) in [6, 6.07) is 10.4. The highest BCUT2D eigenvalue weighted by atomic mass is 16.5. The van der Waals surface area contributed by atoms with Gasteiger partial charge in [-0.1, -0.05) is 24.3 Å². The Morgan fingerprint density at radius 1 is 1.27 bits per heavy atom. The van der Waals surface area contributed by atoms with E-state index in [1.165, 1.54) is 13.2 Å². The van der Waals surface area contributed by atoms with Gasteiger partial charge in [0.15, 0.2) is 0 Å². The van der Waals surface area contributed by atoms with Crippen molar-refractivity contribution in [2.75, 3.05) is 7.11 Å². The molecule has 0 saturated heterocycles. The lowest BCUT2D eigenvalue weighted by Crippen LogP contribution is -2.07. The summed E-state index contributed by atoms with van der Waals surface area (Å²) in [5, 5.41) is 9.50. The molecule has 0 bridgehead atoms. The van der Waals surface area contributed by atoms with Crippen molar-refractivity contribution in [2.24, 2.45) is 0 Å². The first-order chi connectivity index (χ1) is 12.4. The molecular formula is C21H20N2O3. The van der Waals surface area contributed by atoms with E-state index >= 15 is 0 Å². The Balaban J connectivity index is 2.51. The SMILES string of the molecule is C=CCn1c(C)cc(C(=O)/C(C#N)=C/c2ccccc2C(=O)OC)c1C. The molecule has 0 aliphatic heterocycles. The zero-order chi connectivity index (χ0) is 19.3. The van der Waals surface area contributed by atoms with Crippen LogP contribution in [0.25, 0.3) is 6.08 Å². The highest BCUT2D eigenvalue weighted by Gasteiger charge is 2.20. The fourth-order valence-electron chi connectivity index (χ4n) is 2.81. The van der Waals surface area contributed by atoms with E-state index in [0.29, 0.717) is 23.2 Å². The summed E-state index contributed by atoms with van der Waals surface area (Å²) in [6.45, 7) is 8.04. The van der Waals surface area contributed by atoms with Crippen molar-refractivity contribution in [2.45, 2.75) is 20.4 Å². The lowest BCUT2D eigenvalue weighted by atomic mass is 9.99. The lowest BCUT2D eigenvalue weighted by Gasteiger charge is -2.06. The van der Waals surface area contributed by atoms with Crippen LogP contribution in [0.2, 0.25) is 0 Å². The molecule has 2 aromatic rings. The highest BCUT2D eigenvalue weighted by Crippen LogP contribution is 2.21. The van der Waals surface area contributed by atoms with E-state index in [0.717, 1.165) is 11.4 Å². The van der Waals surface area contributed by atoms with Gasteiger partial charge < -0.3 is 9.30 Å². The third-order valence-corrected chi connectivity index (χ3v) is 4.16. The number of aromatic nitrogens is 1. The maximum absolute atomic E-state index is 12.9. The minimum atomic E-state index is -0.522. The summed E-state index contributed by atoms with van der Waals surface area (Å²) in [5.41, 5.74) is 2.87. The van der Waals surface area contributed by atoms with Crippen molar-refractivity contribution in [3.05, 3.63) is 76.6 Å². The number of benzene rings is 1. The molecular weight excluding hydrogens is 328 g/mol. The van der Waals surface area contributed by atoms with E-state index in [1.54, 1.807) is 36.4 Å². The molecule has 0 fully saturated rings. The molecule has 26 heavy (non-hydrogen) atoms. The summed E-state index contributed by atoms with van der Waals surface area (Å²) in [4.78, 5) is 24.8. The second kappa shape index (κ2) is 8.13. The van der Waals surface area contributed by atoms with Crippen LogP contribution >= 0.6 is 0 Å². The van der Waals surface area contributed by atoms with Crippen molar-refractivity contribution in [1.82, 2.24) is 4.57 Å². The zero-order valence-corrected chi connectivity index (χ0v) is 15.1. The monoisotopic (exact) mass is 348 g/mol. The van der Waals surface area contributed by atoms with Crippen LogP contribution in [0.1, 0.15) is 37.7 Å². The summed E-state index contributed by atoms with van der Waals surface area (Å²) < 4.78 is 6.71. The molecule has 1 heterocycles. The normalized spacial score (nSPS) is 10.9. The Kier molecular flexibility index (Phi) is 5.92. The topological polar surface area (TPSA) is 72.1 Å². The molecule has 1 aromatic carbocycles. The molecule has 0 amide bonds. The number of nitriles is 1. The van der Waals surface area contributed by atoms with Crippen molar-refractivity contribution < 1.29 is 14.3 Å². The van der Waals surface area contributed by atoms with Gasteiger partial charge in [-0.2, -0.15) is 5.26 Å². The Morgan fingerprint density at radius 3 is 2.58 bits per heavy atom. The number of esters is 1. The molecule has 0 spiro atoms. The first-order valence-electron chi connectivity index (χ1n) is 8.06. The first kappa shape index (κ1) is 18.9. The number of ether oxygens (including phenoxy) is 1. The number of methoxy groups -OCH3 is 1. The third kappa shape index (κ3) is 3.65. The minimum Gasteiger partial charge on any atom is -0.465 e. The summed E-state index contributed by atoms with van der Waals surface area (Å²) in [7, 11) is 1.29. The summed E-state index contributed by atoms with van der Waals surface area (Å²) in [5.74, 6) is -0.902. The maximum atomic E-state index is 12.9. The van der Waals surface area contributed by atoms with Gasteiger partial charge in [0.1, 0.15) is 11.6 Å². The molecule has 0 unspecified atom stereocenters. The van der Waals surface area contributed by atoms with E-state index < -0.39 is 5.97 Å². The van der Waals surface area contributed by atoms with E-state index in [2.05, 4.69) is 6.58 Å². The van der Waals surface area contributed by atoms with Crippen LogP contribution in [0.3, 0.4) is 0 Å². The van der Waals surface area contributed by atoms with Crippen LogP contribution < -0.4 is 0 Å². The van der Waals surface area contributed by atoms with Crippen LogP contribution in [0.5, 0.6) is 0 Å². The van der Waals surface area contributed by atoms with Gasteiger partial charge in [0.2, 0.25) is 5.78 Å². The number of nitrogens with zero attached hydrogens (tertiary/aromatic N) is 2. The molecule has 0 N–H and O–H groups in total. The predicted octanol–water partition coefficient (Wildman–Crippen LogP) is 3.87. The quantitative estimate of drug-likeness (QED) is 0.261. The number of allylic oxidation sites excluding steroid dienone is 2. The second-order valence-electron chi connectivity index (χ2n) is 5.76. The molecule has 2 rings (SSSR count). The highest BCUT2D eigenvalue weighted by molar-refractivity contribution is 6.15. The molecule has 0 aliphatic carbocycles. The lowest BCUT2D eigenvalue weighted by molar-refractivity contribution is 0.0600. The number of Topliss-reactive ketones (excluding diaryl/α,β-unsaturated/α-hetero) is 1. The predicted molar refractivity (Wildman–Crippen MR) is 99.8 cm³/mol. The van der Waals surface area contributed by atoms with Crippen molar-refractivity contribution >= 4 is 17.8 Å². The number of rotatable bonds is 6. The molecule has 132 valence electrons. The fraction of sp³-hybridized carbons (Fsp3) is 0.190. The number of carbonyl (C=O) groups excluding carboxylic acids is 2. The van der Waals surface area contributed by atoms with Crippen LogP contribution in [0, 0.1) is 25.2 Å². The van der Waals surface area contributed by atoms with Gasteiger partial charge in [0, 0.05) is 23.5 Å². The Morgan fingerprint density at radius 2 is 1.96 bits per heavy atom. The van der Waals surface area contributed by atoms with E-state index in [-0.39, 0.29) is 11.4 Å². The van der Waals surface area contributed by atoms with E-state index in [9.17, 15) is 14.9 Å². The van der Waals surface area contributed by atoms with Crippen LogP contribution in [0.15, 0.2) is 48.6 Å². The maximum Gasteiger partial charge on any atom is 0.338 e. The summed E-state index contributed by atoms with van der Waals surface area (Å²) in [6.07, 6.45) is 3.18. The third-order valence-electron chi connectivity index (χ3n) is 4.16. The molecule has 0 radical (unpaired) electrons. The number of aryl methyl sites for hydroxylation is 1. The smallest absolute Gasteiger partial charge is 0.338 e. The Bertz CT molecular complexity index is 943. The molecule has 5 nitrogen and oxygen atoms in total. The average molecular weight is 348 g/mol. The molecule has 1 aromatic heterocycles. The van der Waals surface area contributed by atoms with Gasteiger partial charge in [0.25, 0.3) is 0 Å². The van der Waals surface area contributed by atoms with Gasteiger partial charge in [-0.3, -0.25) is 4.79 Å². The van der Waals surface area contributed by atoms with Crippen molar-refractivity contribution in [3.63, 3.8) is 0 Å². The standard InChI is InChI=1S/C21H20N2O3/c1-5-10-23-14(2)11-19(15(23)3)20(24)17(13-22)12-16-8-6-7-9-18(16)21(25)26-4/h5-9,11-12H,1,10H2,2-4H3/b17-12+. The van der Waals surface area contributed by atoms with E-state index in [4.69, 9.17) is 4.74 Å². The van der Waals surface area contributed by atoms with Gasteiger partial charge in [-0.15, -0.1) is 6.58 Å². The second-order valence-corrected chi connectivity index (χ2v) is 5.76. The van der Waals surface area contributed by atoms with E-state index in [1.807, 2.05) is 24.5 Å². The number of ketones is 1.